The zero-order valence-corrected chi connectivity index (χ0v) is 28.3. The molecule has 3 heterocycles. The van der Waals surface area contributed by atoms with Gasteiger partial charge in [-0.3, -0.25) is 9.11 Å². The summed E-state index contributed by atoms with van der Waals surface area (Å²) in [4.78, 5) is 35.7. The minimum Gasteiger partial charge on any atom is -0.484 e. The Morgan fingerprint density at radius 3 is 1.92 bits per heavy atom. The van der Waals surface area contributed by atoms with Crippen molar-refractivity contribution in [2.24, 2.45) is 0 Å². The number of benzene rings is 3. The minimum absolute atomic E-state index is 0.00189. The van der Waals surface area contributed by atoms with E-state index in [1.807, 2.05) is 0 Å². The van der Waals surface area contributed by atoms with E-state index in [1.54, 1.807) is 30.3 Å². The summed E-state index contributed by atoms with van der Waals surface area (Å²) in [5.41, 5.74) is 0.178. The van der Waals surface area contributed by atoms with E-state index in [9.17, 15) is 35.5 Å². The number of ether oxygens (including phenoxy) is 5. The van der Waals surface area contributed by atoms with Gasteiger partial charge in [0.05, 0.1) is 30.6 Å². The number of hydrogen-bond acceptors (Lipinski definition) is 13. The first kappa shape index (κ1) is 35.0. The molecular formula is C33H27N3O13S2. The minimum atomic E-state index is -4.75. The van der Waals surface area contributed by atoms with Crippen LogP contribution in [0.4, 0.5) is 0 Å². The van der Waals surface area contributed by atoms with E-state index < -0.39 is 43.6 Å². The molecule has 51 heavy (non-hydrogen) atoms. The molecule has 0 saturated carbocycles. The molecule has 2 N–H and O–H groups in total. The summed E-state index contributed by atoms with van der Waals surface area (Å²) >= 11 is 0. The van der Waals surface area contributed by atoms with E-state index in [1.165, 1.54) is 37.4 Å². The molecule has 0 fully saturated rings. The topological polar surface area (TPSA) is 220 Å². The average Bonchev–Trinajstić information content (AvgIpc) is 3.44. The monoisotopic (exact) mass is 737 g/mol. The maximum atomic E-state index is 14.4. The smallest absolute Gasteiger partial charge is 0.365 e. The van der Waals surface area contributed by atoms with Crippen molar-refractivity contribution >= 4 is 32.2 Å². The summed E-state index contributed by atoms with van der Waals surface area (Å²) in [5.74, 6) is -2.88. The Hall–Kier alpha value is -5.82. The van der Waals surface area contributed by atoms with Crippen LogP contribution in [-0.2, 0) is 31.5 Å². The van der Waals surface area contributed by atoms with Crippen LogP contribution in [0.1, 0.15) is 26.5 Å². The SMILES string of the molecule is COC(=O)c1c2c(c(C(=O)Oc3nc(-c4ccc(S(=O)(=O)O)cc4)nc(OC)c3-c3ccccc3)n1Cc1ccccc1S(=O)(=O)O)OCCO2. The molecule has 18 heteroatoms. The van der Waals surface area contributed by atoms with E-state index in [-0.39, 0.29) is 75.3 Å². The molecule has 16 nitrogen and oxygen atoms in total. The Morgan fingerprint density at radius 1 is 0.745 bits per heavy atom. The lowest BCUT2D eigenvalue weighted by atomic mass is 10.1. The number of fused-ring (bicyclic) bond motifs is 1. The van der Waals surface area contributed by atoms with Crippen molar-refractivity contribution in [1.29, 1.82) is 0 Å². The van der Waals surface area contributed by atoms with Crippen LogP contribution in [0.5, 0.6) is 23.3 Å². The van der Waals surface area contributed by atoms with Crippen molar-refractivity contribution in [2.75, 3.05) is 27.4 Å². The van der Waals surface area contributed by atoms with Crippen LogP contribution >= 0.6 is 0 Å². The number of esters is 2. The van der Waals surface area contributed by atoms with Gasteiger partial charge in [-0.25, -0.2) is 9.59 Å². The van der Waals surface area contributed by atoms with Crippen LogP contribution in [0.3, 0.4) is 0 Å². The lowest BCUT2D eigenvalue weighted by molar-refractivity contribution is 0.0580. The number of carbonyl (C=O) groups is 2. The zero-order chi connectivity index (χ0) is 36.5. The number of methoxy groups -OCH3 is 2. The maximum absolute atomic E-state index is 14.4. The molecule has 0 radical (unpaired) electrons. The van der Waals surface area contributed by atoms with Crippen LogP contribution in [-0.4, -0.2) is 79.8 Å². The molecule has 0 spiro atoms. The van der Waals surface area contributed by atoms with Gasteiger partial charge < -0.3 is 28.3 Å². The van der Waals surface area contributed by atoms with Crippen molar-refractivity contribution in [1.82, 2.24) is 14.5 Å². The Morgan fingerprint density at radius 2 is 1.33 bits per heavy atom. The quantitative estimate of drug-likeness (QED) is 0.153. The first-order chi connectivity index (χ1) is 24.3. The van der Waals surface area contributed by atoms with Gasteiger partial charge in [0.15, 0.2) is 28.7 Å². The van der Waals surface area contributed by atoms with E-state index in [2.05, 4.69) is 9.97 Å². The van der Waals surface area contributed by atoms with Gasteiger partial charge in [0.1, 0.15) is 18.8 Å². The normalized spacial score (nSPS) is 12.6. The van der Waals surface area contributed by atoms with Crippen LogP contribution in [0.15, 0.2) is 88.7 Å². The Balaban J connectivity index is 1.55. The largest absolute Gasteiger partial charge is 0.484 e. The molecule has 2 aromatic heterocycles. The molecule has 0 aliphatic carbocycles. The standard InChI is InChI=1S/C33H27N3O13S2/c1-45-30-24(19-8-4-3-5-9-19)31(35-29(34-30)20-12-14-22(15-13-20)50(39,40)41)49-33(38)26-28-27(47-16-17-48-28)25(32(37)46-2)36(26)18-21-10-6-7-11-23(21)51(42,43)44/h3-15H,16-18H2,1-2H3,(H,39,40,41)(H,42,43,44). The van der Waals surface area contributed by atoms with E-state index in [4.69, 9.17) is 23.7 Å². The highest BCUT2D eigenvalue weighted by molar-refractivity contribution is 7.86. The third-order valence-electron chi connectivity index (χ3n) is 7.60. The summed E-state index contributed by atoms with van der Waals surface area (Å²) in [6.07, 6.45) is 0. The summed E-state index contributed by atoms with van der Waals surface area (Å²) in [6, 6.07) is 18.9. The highest BCUT2D eigenvalue weighted by atomic mass is 32.2. The molecule has 3 aromatic carbocycles. The number of rotatable bonds is 10. The van der Waals surface area contributed by atoms with E-state index >= 15 is 0 Å². The number of carbonyl (C=O) groups excluding carboxylic acids is 2. The molecule has 264 valence electrons. The van der Waals surface area contributed by atoms with Crippen molar-refractivity contribution < 1.29 is 59.2 Å². The van der Waals surface area contributed by atoms with Crippen molar-refractivity contribution in [3.8, 4) is 45.8 Å². The fourth-order valence-corrected chi connectivity index (χ4v) is 6.57. The van der Waals surface area contributed by atoms with Gasteiger partial charge in [-0.1, -0.05) is 48.5 Å². The molecular weight excluding hydrogens is 711 g/mol. The summed E-state index contributed by atoms with van der Waals surface area (Å²) in [7, 11) is -6.82. The maximum Gasteiger partial charge on any atom is 0.365 e. The number of nitrogens with zero attached hydrogens (tertiary/aromatic N) is 3. The third kappa shape index (κ3) is 6.97. The highest BCUT2D eigenvalue weighted by Crippen LogP contribution is 2.43. The Labute approximate surface area is 290 Å². The van der Waals surface area contributed by atoms with Gasteiger partial charge in [-0.15, -0.1) is 0 Å². The van der Waals surface area contributed by atoms with Gasteiger partial charge in [0.25, 0.3) is 20.2 Å². The lowest BCUT2D eigenvalue weighted by Gasteiger charge is -2.17. The summed E-state index contributed by atoms with van der Waals surface area (Å²) in [5, 5.41) is 0. The predicted molar refractivity (Wildman–Crippen MR) is 176 cm³/mol. The molecule has 0 saturated heterocycles. The Bertz CT molecular complexity index is 2380. The van der Waals surface area contributed by atoms with Crippen LogP contribution in [0.25, 0.3) is 22.5 Å². The van der Waals surface area contributed by atoms with Gasteiger partial charge in [0, 0.05) is 5.56 Å². The lowest BCUT2D eigenvalue weighted by Crippen LogP contribution is -2.21. The second kappa shape index (κ2) is 13.8. The fourth-order valence-electron chi connectivity index (χ4n) is 5.38. The molecule has 0 bridgehead atoms. The second-order valence-electron chi connectivity index (χ2n) is 10.7. The third-order valence-corrected chi connectivity index (χ3v) is 9.42. The van der Waals surface area contributed by atoms with Gasteiger partial charge in [-0.2, -0.15) is 26.8 Å². The van der Waals surface area contributed by atoms with Crippen LogP contribution in [0.2, 0.25) is 0 Å². The van der Waals surface area contributed by atoms with Crippen LogP contribution < -0.4 is 18.9 Å². The van der Waals surface area contributed by atoms with Crippen molar-refractivity contribution in [3.05, 3.63) is 95.8 Å². The average molecular weight is 738 g/mol. The number of hydrogen-bond donors (Lipinski definition) is 2. The molecule has 1 aliphatic rings. The molecule has 0 unspecified atom stereocenters. The zero-order valence-electron chi connectivity index (χ0n) is 26.7. The Kier molecular flexibility index (Phi) is 9.50. The van der Waals surface area contributed by atoms with E-state index in [0.717, 1.165) is 29.9 Å². The highest BCUT2D eigenvalue weighted by Gasteiger charge is 2.38. The molecule has 0 amide bonds. The van der Waals surface area contributed by atoms with E-state index in [0.29, 0.717) is 5.56 Å². The molecule has 1 aliphatic heterocycles. The number of aromatic nitrogens is 3. The van der Waals surface area contributed by atoms with Crippen molar-refractivity contribution in [3.63, 3.8) is 0 Å². The van der Waals surface area contributed by atoms with Gasteiger partial charge in [-0.05, 0) is 41.5 Å². The molecule has 0 atom stereocenters. The van der Waals surface area contributed by atoms with Gasteiger partial charge >= 0.3 is 11.9 Å². The summed E-state index contributed by atoms with van der Waals surface area (Å²) in [6.45, 7) is -0.507. The first-order valence-corrected chi connectivity index (χ1v) is 17.7. The second-order valence-corrected chi connectivity index (χ2v) is 13.5. The van der Waals surface area contributed by atoms with Gasteiger partial charge in [0.2, 0.25) is 11.8 Å². The fraction of sp³-hybridized carbons (Fsp3) is 0.152. The first-order valence-electron chi connectivity index (χ1n) is 14.8. The summed E-state index contributed by atoms with van der Waals surface area (Å²) < 4.78 is 96.3. The molecule has 6 rings (SSSR count). The molecule has 5 aromatic rings. The van der Waals surface area contributed by atoms with Crippen molar-refractivity contribution in [2.45, 2.75) is 16.3 Å². The predicted octanol–water partition coefficient (Wildman–Crippen LogP) is 3.94. The van der Waals surface area contributed by atoms with Crippen LogP contribution in [0, 0.1) is 0 Å².